The Hall–Kier alpha value is -1.92. The van der Waals surface area contributed by atoms with Gasteiger partial charge in [-0.3, -0.25) is 4.79 Å². The minimum absolute atomic E-state index is 0.0630. The molecule has 2 fully saturated rings. The van der Waals surface area contributed by atoms with Crippen LogP contribution in [0.25, 0.3) is 0 Å². The Morgan fingerprint density at radius 1 is 1.38 bits per heavy atom. The summed E-state index contributed by atoms with van der Waals surface area (Å²) in [7, 11) is 1.65. The molecule has 24 heavy (non-hydrogen) atoms. The molecule has 0 spiro atoms. The minimum Gasteiger partial charge on any atom is -0.497 e. The highest BCUT2D eigenvalue weighted by molar-refractivity contribution is 7.09. The van der Waals surface area contributed by atoms with Crippen molar-refractivity contribution >= 4 is 17.2 Å². The normalized spacial score (nSPS) is 21.5. The van der Waals surface area contributed by atoms with Crippen LogP contribution in [0.1, 0.15) is 52.8 Å². The first kappa shape index (κ1) is 15.6. The van der Waals surface area contributed by atoms with Crippen LogP contribution in [0.5, 0.6) is 5.75 Å². The van der Waals surface area contributed by atoms with Crippen LogP contribution in [-0.2, 0) is 10.3 Å². The van der Waals surface area contributed by atoms with E-state index in [9.17, 15) is 4.79 Å². The molecule has 1 aliphatic heterocycles. The number of ether oxygens (including phenoxy) is 2. The summed E-state index contributed by atoms with van der Waals surface area (Å²) < 4.78 is 10.8. The lowest BCUT2D eigenvalue weighted by Crippen LogP contribution is -2.35. The fraction of sp³-hybridized carbons (Fsp3) is 0.444. The van der Waals surface area contributed by atoms with Crippen LogP contribution in [0, 0.1) is 0 Å². The Balaban J connectivity index is 1.47. The van der Waals surface area contributed by atoms with Gasteiger partial charge in [0.15, 0.2) is 0 Å². The zero-order valence-electron chi connectivity index (χ0n) is 13.6. The first-order chi connectivity index (χ1) is 11.7. The van der Waals surface area contributed by atoms with Crippen molar-refractivity contribution < 1.29 is 14.3 Å². The molecule has 1 saturated heterocycles. The van der Waals surface area contributed by atoms with Gasteiger partial charge in [-0.2, -0.15) is 0 Å². The Bertz CT molecular complexity index is 731. The third-order valence-corrected chi connectivity index (χ3v) is 5.64. The average Bonchev–Trinajstić information content (AvgIpc) is 3.05. The predicted octanol–water partition coefficient (Wildman–Crippen LogP) is 3.42. The number of hydrogen-bond acceptors (Lipinski definition) is 5. The third-order valence-electron chi connectivity index (χ3n) is 4.71. The molecule has 1 aromatic carbocycles. The lowest BCUT2D eigenvalue weighted by atomic mass is 10.0. The molecule has 126 valence electrons. The molecule has 6 heteroatoms. The predicted molar refractivity (Wildman–Crippen MR) is 91.4 cm³/mol. The number of methoxy groups -OCH3 is 1. The lowest BCUT2D eigenvalue weighted by Gasteiger charge is -2.17. The Morgan fingerprint density at radius 2 is 2.17 bits per heavy atom. The minimum atomic E-state index is -0.253. The van der Waals surface area contributed by atoms with Crippen molar-refractivity contribution in [3.05, 3.63) is 45.9 Å². The number of hydrogen-bond donors (Lipinski definition) is 1. The second-order valence-corrected chi connectivity index (χ2v) is 7.23. The maximum Gasteiger partial charge on any atom is 0.271 e. The van der Waals surface area contributed by atoms with E-state index in [0.717, 1.165) is 48.6 Å². The number of thiazole rings is 1. The largest absolute Gasteiger partial charge is 0.497 e. The molecule has 2 heterocycles. The summed E-state index contributed by atoms with van der Waals surface area (Å²) in [5.74, 6) is 0.713. The van der Waals surface area contributed by atoms with E-state index >= 15 is 0 Å². The van der Waals surface area contributed by atoms with Crippen molar-refractivity contribution in [2.75, 3.05) is 13.7 Å². The van der Waals surface area contributed by atoms with E-state index in [1.165, 1.54) is 11.3 Å². The summed E-state index contributed by atoms with van der Waals surface area (Å²) in [6.45, 7) is 0.784. The van der Waals surface area contributed by atoms with Crippen molar-refractivity contribution in [1.82, 2.24) is 10.3 Å². The number of amides is 1. The first-order valence-electron chi connectivity index (χ1n) is 8.24. The number of carbonyl (C=O) groups is 1. The third kappa shape index (κ3) is 2.91. The molecular weight excluding hydrogens is 324 g/mol. The summed E-state index contributed by atoms with van der Waals surface area (Å²) in [6, 6.07) is 7.90. The number of benzene rings is 1. The van der Waals surface area contributed by atoms with Gasteiger partial charge in [0.05, 0.1) is 12.6 Å². The van der Waals surface area contributed by atoms with E-state index < -0.39 is 0 Å². The quantitative estimate of drug-likeness (QED) is 0.903. The van der Waals surface area contributed by atoms with E-state index in [-0.39, 0.29) is 17.6 Å². The average molecular weight is 344 g/mol. The van der Waals surface area contributed by atoms with Gasteiger partial charge in [-0.05, 0) is 43.4 Å². The van der Waals surface area contributed by atoms with Gasteiger partial charge in [-0.15, -0.1) is 11.3 Å². The van der Waals surface area contributed by atoms with Crippen molar-refractivity contribution in [3.8, 4) is 5.75 Å². The molecule has 5 nitrogen and oxygen atoms in total. The number of nitrogens with one attached hydrogen (secondary N) is 1. The van der Waals surface area contributed by atoms with E-state index in [2.05, 4.69) is 10.3 Å². The Kier molecular flexibility index (Phi) is 4.02. The summed E-state index contributed by atoms with van der Waals surface area (Å²) in [5.41, 5.74) is 1.35. The van der Waals surface area contributed by atoms with E-state index in [4.69, 9.17) is 9.47 Å². The molecule has 1 atom stereocenters. The molecule has 0 bridgehead atoms. The molecule has 1 unspecified atom stereocenters. The summed E-state index contributed by atoms with van der Waals surface area (Å²) in [5, 5.41) is 5.90. The van der Waals surface area contributed by atoms with Gasteiger partial charge >= 0.3 is 0 Å². The second kappa shape index (κ2) is 6.18. The zero-order chi connectivity index (χ0) is 16.6. The van der Waals surface area contributed by atoms with Gasteiger partial charge in [0, 0.05) is 12.0 Å². The zero-order valence-corrected chi connectivity index (χ0v) is 14.4. The molecule has 2 aromatic rings. The lowest BCUT2D eigenvalue weighted by molar-refractivity contribution is 0.0923. The van der Waals surface area contributed by atoms with Gasteiger partial charge in [0.25, 0.3) is 5.91 Å². The fourth-order valence-corrected chi connectivity index (χ4v) is 4.00. The van der Waals surface area contributed by atoms with Gasteiger partial charge in [-0.25, -0.2) is 4.98 Å². The van der Waals surface area contributed by atoms with Crippen molar-refractivity contribution in [2.24, 2.45) is 0 Å². The highest BCUT2D eigenvalue weighted by Gasteiger charge is 2.46. The molecule has 1 saturated carbocycles. The molecular formula is C18H20N2O3S. The summed E-state index contributed by atoms with van der Waals surface area (Å²) in [4.78, 5) is 17.1. The molecule has 1 aliphatic carbocycles. The highest BCUT2D eigenvalue weighted by Crippen LogP contribution is 2.46. The van der Waals surface area contributed by atoms with Crippen LogP contribution in [0.2, 0.25) is 0 Å². The van der Waals surface area contributed by atoms with Crippen LogP contribution in [0.4, 0.5) is 0 Å². The topological polar surface area (TPSA) is 60.5 Å². The van der Waals surface area contributed by atoms with E-state index in [1.54, 1.807) is 7.11 Å². The molecule has 1 N–H and O–H groups in total. The molecule has 0 radical (unpaired) electrons. The molecule has 2 aliphatic rings. The van der Waals surface area contributed by atoms with Gasteiger partial charge < -0.3 is 14.8 Å². The fourth-order valence-electron chi connectivity index (χ4n) is 3.11. The number of nitrogens with zero attached hydrogens (tertiary/aromatic N) is 1. The van der Waals surface area contributed by atoms with E-state index in [0.29, 0.717) is 5.69 Å². The Labute approximate surface area is 145 Å². The summed E-state index contributed by atoms with van der Waals surface area (Å²) >= 11 is 1.51. The van der Waals surface area contributed by atoms with Gasteiger partial charge in [0.1, 0.15) is 22.6 Å². The SMILES string of the molecule is COc1ccc(C2(NC(=O)c3csc(C4CCCO4)n3)CC2)cc1. The van der Waals surface area contributed by atoms with Gasteiger partial charge in [-0.1, -0.05) is 12.1 Å². The first-order valence-corrected chi connectivity index (χ1v) is 9.12. The summed E-state index contributed by atoms with van der Waals surface area (Å²) in [6.07, 6.45) is 4.02. The molecule has 4 rings (SSSR count). The van der Waals surface area contributed by atoms with Gasteiger partial charge in [0.2, 0.25) is 0 Å². The van der Waals surface area contributed by atoms with Crippen molar-refractivity contribution in [1.29, 1.82) is 0 Å². The van der Waals surface area contributed by atoms with Crippen LogP contribution in [0.3, 0.4) is 0 Å². The van der Waals surface area contributed by atoms with Crippen LogP contribution >= 0.6 is 11.3 Å². The number of carbonyl (C=O) groups excluding carboxylic acids is 1. The van der Waals surface area contributed by atoms with Crippen LogP contribution < -0.4 is 10.1 Å². The van der Waals surface area contributed by atoms with Crippen LogP contribution in [-0.4, -0.2) is 24.6 Å². The van der Waals surface area contributed by atoms with E-state index in [1.807, 2.05) is 29.6 Å². The smallest absolute Gasteiger partial charge is 0.271 e. The molecule has 1 amide bonds. The monoisotopic (exact) mass is 344 g/mol. The number of rotatable bonds is 5. The maximum absolute atomic E-state index is 12.6. The highest BCUT2D eigenvalue weighted by atomic mass is 32.1. The maximum atomic E-state index is 12.6. The second-order valence-electron chi connectivity index (χ2n) is 6.34. The number of aromatic nitrogens is 1. The standard InChI is InChI=1S/C18H20N2O3S/c1-22-13-6-4-12(5-7-13)18(8-9-18)20-16(21)14-11-24-17(19-14)15-3-2-10-23-15/h4-7,11,15H,2-3,8-10H2,1H3,(H,20,21). The van der Waals surface area contributed by atoms with Crippen molar-refractivity contribution in [3.63, 3.8) is 0 Å². The van der Waals surface area contributed by atoms with Crippen LogP contribution in [0.15, 0.2) is 29.6 Å². The Morgan fingerprint density at radius 3 is 2.79 bits per heavy atom. The molecule has 1 aromatic heterocycles. The van der Waals surface area contributed by atoms with Crippen molar-refractivity contribution in [2.45, 2.75) is 37.3 Å².